The van der Waals surface area contributed by atoms with E-state index in [1.54, 1.807) is 6.21 Å². The van der Waals surface area contributed by atoms with E-state index in [2.05, 4.69) is 15.5 Å². The van der Waals surface area contributed by atoms with Crippen LogP contribution in [0.3, 0.4) is 0 Å². The van der Waals surface area contributed by atoms with E-state index in [0.717, 1.165) is 33.4 Å². The van der Waals surface area contributed by atoms with Gasteiger partial charge < -0.3 is 10.5 Å². The standard InChI is InChI=1S/C19H20N4O2S/c1-3-15-17(26-19(20)22-15)18(24)23-21-11-14-13-8-6-5-7-12(13)9-10-16(14)25-4-2/h5-11H,3-4H2,1-2H3,(H2,20,22)(H,23,24)/b21-11-. The van der Waals surface area contributed by atoms with Crippen molar-refractivity contribution in [3.05, 3.63) is 52.5 Å². The van der Waals surface area contributed by atoms with Crippen LogP contribution in [0, 0.1) is 0 Å². The summed E-state index contributed by atoms with van der Waals surface area (Å²) in [4.78, 5) is 17.0. The molecule has 1 amide bonds. The largest absolute Gasteiger partial charge is 0.493 e. The monoisotopic (exact) mass is 368 g/mol. The Balaban J connectivity index is 1.88. The van der Waals surface area contributed by atoms with Crippen LogP contribution in [0.25, 0.3) is 10.8 Å². The Morgan fingerprint density at radius 3 is 2.88 bits per heavy atom. The van der Waals surface area contributed by atoms with E-state index in [-0.39, 0.29) is 5.91 Å². The SMILES string of the molecule is CCOc1ccc2ccccc2c1/C=N\NC(=O)c1sc(N)nc1CC. The summed E-state index contributed by atoms with van der Waals surface area (Å²) < 4.78 is 5.70. The normalized spacial score (nSPS) is 11.2. The van der Waals surface area contributed by atoms with Crippen molar-refractivity contribution in [2.45, 2.75) is 20.3 Å². The molecule has 3 rings (SSSR count). The number of amides is 1. The molecular weight excluding hydrogens is 348 g/mol. The van der Waals surface area contributed by atoms with Gasteiger partial charge in [-0.2, -0.15) is 5.10 Å². The highest BCUT2D eigenvalue weighted by Crippen LogP contribution is 2.27. The summed E-state index contributed by atoms with van der Waals surface area (Å²) in [7, 11) is 0. The first kappa shape index (κ1) is 17.9. The van der Waals surface area contributed by atoms with Crippen LogP contribution in [0.15, 0.2) is 41.5 Å². The van der Waals surface area contributed by atoms with Crippen molar-refractivity contribution in [1.29, 1.82) is 0 Å². The van der Waals surface area contributed by atoms with E-state index in [4.69, 9.17) is 10.5 Å². The summed E-state index contributed by atoms with van der Waals surface area (Å²) in [5.74, 6) is 0.408. The zero-order chi connectivity index (χ0) is 18.5. The number of anilines is 1. The Bertz CT molecular complexity index is 965. The van der Waals surface area contributed by atoms with Gasteiger partial charge in [0.2, 0.25) is 0 Å². The fraction of sp³-hybridized carbons (Fsp3) is 0.211. The number of nitrogen functional groups attached to an aromatic ring is 1. The number of carbonyl (C=O) groups excluding carboxylic acids is 1. The second kappa shape index (κ2) is 7.97. The van der Waals surface area contributed by atoms with Gasteiger partial charge >= 0.3 is 0 Å². The van der Waals surface area contributed by atoms with Crippen LogP contribution >= 0.6 is 11.3 Å². The van der Waals surface area contributed by atoms with Gasteiger partial charge in [0.05, 0.1) is 18.5 Å². The van der Waals surface area contributed by atoms with Gasteiger partial charge in [-0.25, -0.2) is 10.4 Å². The number of aryl methyl sites for hydroxylation is 1. The Kier molecular flexibility index (Phi) is 5.48. The molecule has 0 radical (unpaired) electrons. The van der Waals surface area contributed by atoms with Crippen molar-refractivity contribution in [2.24, 2.45) is 5.10 Å². The fourth-order valence-electron chi connectivity index (χ4n) is 2.68. The second-order valence-electron chi connectivity index (χ2n) is 5.51. The number of nitrogens with zero attached hydrogens (tertiary/aromatic N) is 2. The maximum atomic E-state index is 12.4. The molecular formula is C19H20N4O2S. The van der Waals surface area contributed by atoms with Crippen LogP contribution < -0.4 is 15.9 Å². The number of ether oxygens (including phenoxy) is 1. The first-order valence-corrected chi connectivity index (χ1v) is 9.18. The van der Waals surface area contributed by atoms with Crippen molar-refractivity contribution in [3.8, 4) is 5.75 Å². The number of rotatable bonds is 6. The van der Waals surface area contributed by atoms with E-state index in [1.165, 1.54) is 0 Å². The zero-order valence-corrected chi connectivity index (χ0v) is 15.5. The molecule has 0 atom stereocenters. The smallest absolute Gasteiger partial charge is 0.283 e. The molecule has 26 heavy (non-hydrogen) atoms. The molecule has 0 saturated heterocycles. The zero-order valence-electron chi connectivity index (χ0n) is 14.7. The van der Waals surface area contributed by atoms with Gasteiger partial charge in [0.1, 0.15) is 10.6 Å². The number of fused-ring (bicyclic) bond motifs is 1. The predicted molar refractivity (Wildman–Crippen MR) is 106 cm³/mol. The second-order valence-corrected chi connectivity index (χ2v) is 6.54. The fourth-order valence-corrected chi connectivity index (χ4v) is 3.49. The summed E-state index contributed by atoms with van der Waals surface area (Å²) in [6, 6.07) is 11.9. The molecule has 0 aliphatic carbocycles. The van der Waals surface area contributed by atoms with Crippen LogP contribution in [-0.2, 0) is 6.42 Å². The van der Waals surface area contributed by atoms with E-state index in [1.807, 2.05) is 50.2 Å². The molecule has 0 saturated carbocycles. The minimum atomic E-state index is -0.314. The lowest BCUT2D eigenvalue weighted by Crippen LogP contribution is -2.18. The Morgan fingerprint density at radius 1 is 1.31 bits per heavy atom. The minimum Gasteiger partial charge on any atom is -0.493 e. The Labute approximate surface area is 155 Å². The van der Waals surface area contributed by atoms with Gasteiger partial charge in [-0.15, -0.1) is 0 Å². The third kappa shape index (κ3) is 3.67. The average molecular weight is 368 g/mol. The summed E-state index contributed by atoms with van der Waals surface area (Å²) in [5, 5.41) is 6.59. The van der Waals surface area contributed by atoms with Crippen LogP contribution in [0.2, 0.25) is 0 Å². The quantitative estimate of drug-likeness (QED) is 0.514. The van der Waals surface area contributed by atoms with Crippen molar-refractivity contribution < 1.29 is 9.53 Å². The molecule has 2 aromatic carbocycles. The Hall–Kier alpha value is -2.93. The summed E-state index contributed by atoms with van der Waals surface area (Å²) in [6.45, 7) is 4.41. The molecule has 0 bridgehead atoms. The number of hydrogen-bond acceptors (Lipinski definition) is 6. The van der Waals surface area contributed by atoms with Gasteiger partial charge in [0, 0.05) is 5.56 Å². The van der Waals surface area contributed by atoms with Gasteiger partial charge in [-0.3, -0.25) is 4.79 Å². The molecule has 0 aliphatic rings. The van der Waals surface area contributed by atoms with E-state index in [0.29, 0.717) is 28.7 Å². The highest BCUT2D eigenvalue weighted by molar-refractivity contribution is 7.17. The highest BCUT2D eigenvalue weighted by atomic mass is 32.1. The van der Waals surface area contributed by atoms with Crippen LogP contribution in [0.5, 0.6) is 5.75 Å². The summed E-state index contributed by atoms with van der Waals surface area (Å²) in [5.41, 5.74) is 9.76. The van der Waals surface area contributed by atoms with Crippen molar-refractivity contribution in [2.75, 3.05) is 12.3 Å². The molecule has 1 heterocycles. The van der Waals surface area contributed by atoms with Crippen LogP contribution in [0.1, 0.15) is 34.8 Å². The first-order valence-electron chi connectivity index (χ1n) is 8.37. The maximum Gasteiger partial charge on any atom is 0.283 e. The van der Waals surface area contributed by atoms with Crippen molar-refractivity contribution >= 4 is 39.4 Å². The van der Waals surface area contributed by atoms with Gasteiger partial charge in [-0.05, 0) is 30.2 Å². The van der Waals surface area contributed by atoms with Gasteiger partial charge in [0.15, 0.2) is 5.13 Å². The molecule has 0 fully saturated rings. The van der Waals surface area contributed by atoms with Crippen molar-refractivity contribution in [3.63, 3.8) is 0 Å². The number of nitrogens with two attached hydrogens (primary N) is 1. The highest BCUT2D eigenvalue weighted by Gasteiger charge is 2.15. The Morgan fingerprint density at radius 2 is 2.12 bits per heavy atom. The minimum absolute atomic E-state index is 0.314. The number of aromatic nitrogens is 1. The molecule has 3 aromatic rings. The lowest BCUT2D eigenvalue weighted by molar-refractivity contribution is 0.0958. The number of hydrogen-bond donors (Lipinski definition) is 2. The molecule has 1 aromatic heterocycles. The maximum absolute atomic E-state index is 12.4. The third-order valence-electron chi connectivity index (χ3n) is 3.85. The summed E-state index contributed by atoms with van der Waals surface area (Å²) >= 11 is 1.16. The molecule has 7 heteroatoms. The number of hydrazone groups is 1. The predicted octanol–water partition coefficient (Wildman–Crippen LogP) is 3.60. The van der Waals surface area contributed by atoms with E-state index in [9.17, 15) is 4.79 Å². The molecule has 134 valence electrons. The average Bonchev–Trinajstić information content (AvgIpc) is 3.04. The molecule has 6 nitrogen and oxygen atoms in total. The van der Waals surface area contributed by atoms with Gasteiger partial charge in [-0.1, -0.05) is 48.6 Å². The molecule has 0 aliphatic heterocycles. The lowest BCUT2D eigenvalue weighted by Gasteiger charge is -2.10. The number of carbonyl (C=O) groups is 1. The van der Waals surface area contributed by atoms with Crippen LogP contribution in [-0.4, -0.2) is 23.7 Å². The van der Waals surface area contributed by atoms with Gasteiger partial charge in [0.25, 0.3) is 5.91 Å². The number of nitrogens with one attached hydrogen (secondary N) is 1. The van der Waals surface area contributed by atoms with E-state index < -0.39 is 0 Å². The third-order valence-corrected chi connectivity index (χ3v) is 4.77. The van der Waals surface area contributed by atoms with E-state index >= 15 is 0 Å². The summed E-state index contributed by atoms with van der Waals surface area (Å²) in [6.07, 6.45) is 2.25. The molecule has 0 spiro atoms. The molecule has 0 unspecified atom stereocenters. The molecule has 3 N–H and O–H groups in total. The van der Waals surface area contributed by atoms with Crippen molar-refractivity contribution in [1.82, 2.24) is 10.4 Å². The number of thiazole rings is 1. The number of benzene rings is 2. The lowest BCUT2D eigenvalue weighted by atomic mass is 10.0. The topological polar surface area (TPSA) is 89.6 Å². The first-order chi connectivity index (χ1) is 12.6. The van der Waals surface area contributed by atoms with Crippen LogP contribution in [0.4, 0.5) is 5.13 Å².